The van der Waals surface area contributed by atoms with Gasteiger partial charge in [0.2, 0.25) is 5.91 Å². The van der Waals surface area contributed by atoms with Crippen molar-refractivity contribution in [2.75, 3.05) is 19.6 Å². The number of benzene rings is 1. The molecule has 2 fully saturated rings. The van der Waals surface area contributed by atoms with E-state index < -0.39 is 0 Å². The highest BCUT2D eigenvalue weighted by Crippen LogP contribution is 2.23. The Morgan fingerprint density at radius 1 is 1.21 bits per heavy atom. The Morgan fingerprint density at radius 3 is 2.68 bits per heavy atom. The van der Waals surface area contributed by atoms with Crippen molar-refractivity contribution in [2.24, 2.45) is 0 Å². The van der Waals surface area contributed by atoms with Gasteiger partial charge in [-0.1, -0.05) is 0 Å². The zero-order valence-corrected chi connectivity index (χ0v) is 10.5. The molecule has 0 bridgehead atoms. The molecule has 2 aliphatic heterocycles. The molecule has 0 aliphatic carbocycles. The van der Waals surface area contributed by atoms with Gasteiger partial charge in [-0.15, -0.1) is 0 Å². The van der Waals surface area contributed by atoms with Crippen LogP contribution in [0.1, 0.15) is 23.2 Å². The smallest absolute Gasteiger partial charge is 0.253 e. The Kier molecular flexibility index (Phi) is 2.97. The van der Waals surface area contributed by atoms with Gasteiger partial charge < -0.3 is 9.80 Å². The number of fused-ring (bicyclic) bond motifs is 1. The molecule has 2 aliphatic rings. The summed E-state index contributed by atoms with van der Waals surface area (Å²) in [4.78, 5) is 27.5. The van der Waals surface area contributed by atoms with Gasteiger partial charge in [-0.25, -0.2) is 4.39 Å². The van der Waals surface area contributed by atoms with Gasteiger partial charge in [-0.2, -0.15) is 0 Å². The number of rotatable bonds is 1. The Bertz CT molecular complexity index is 515. The summed E-state index contributed by atoms with van der Waals surface area (Å²) in [6.07, 6.45) is 1.41. The highest BCUT2D eigenvalue weighted by molar-refractivity contribution is 5.94. The van der Waals surface area contributed by atoms with Crippen molar-refractivity contribution >= 4 is 11.8 Å². The number of carbonyl (C=O) groups is 2. The van der Waals surface area contributed by atoms with E-state index in [4.69, 9.17) is 0 Å². The molecule has 1 aromatic carbocycles. The van der Waals surface area contributed by atoms with Crippen molar-refractivity contribution in [2.45, 2.75) is 18.9 Å². The largest absolute Gasteiger partial charge is 0.336 e. The SMILES string of the molecule is O=C(c1ccc(F)cc1)N1CCN2C(=O)CC[C@H]2C1. The molecule has 2 amide bonds. The Hall–Kier alpha value is -1.91. The van der Waals surface area contributed by atoms with Crippen LogP contribution in [-0.2, 0) is 4.79 Å². The zero-order chi connectivity index (χ0) is 13.4. The van der Waals surface area contributed by atoms with Crippen LogP contribution in [0.2, 0.25) is 0 Å². The molecule has 2 heterocycles. The van der Waals surface area contributed by atoms with E-state index in [2.05, 4.69) is 0 Å². The number of carbonyl (C=O) groups excluding carboxylic acids is 2. The van der Waals surface area contributed by atoms with Crippen LogP contribution in [0.5, 0.6) is 0 Å². The quantitative estimate of drug-likeness (QED) is 0.764. The summed E-state index contributed by atoms with van der Waals surface area (Å²) in [7, 11) is 0. The van der Waals surface area contributed by atoms with Crippen LogP contribution in [0.25, 0.3) is 0 Å². The fraction of sp³-hybridized carbons (Fsp3) is 0.429. The molecule has 0 aromatic heterocycles. The summed E-state index contributed by atoms with van der Waals surface area (Å²) < 4.78 is 12.8. The van der Waals surface area contributed by atoms with E-state index in [1.807, 2.05) is 4.90 Å². The first kappa shape index (κ1) is 12.1. The van der Waals surface area contributed by atoms with Crippen LogP contribution < -0.4 is 0 Å². The summed E-state index contributed by atoms with van der Waals surface area (Å²) in [5.41, 5.74) is 0.499. The lowest BCUT2D eigenvalue weighted by molar-refractivity contribution is -0.130. The van der Waals surface area contributed by atoms with Crippen LogP contribution >= 0.6 is 0 Å². The third-order valence-electron chi connectivity index (χ3n) is 3.87. The Morgan fingerprint density at radius 2 is 1.95 bits per heavy atom. The van der Waals surface area contributed by atoms with Crippen molar-refractivity contribution in [1.82, 2.24) is 9.80 Å². The molecule has 19 heavy (non-hydrogen) atoms. The molecule has 1 atom stereocenters. The maximum absolute atomic E-state index is 12.8. The van der Waals surface area contributed by atoms with Gasteiger partial charge in [0, 0.05) is 37.7 Å². The highest BCUT2D eigenvalue weighted by Gasteiger charge is 2.36. The van der Waals surface area contributed by atoms with Gasteiger partial charge in [0.1, 0.15) is 5.82 Å². The number of hydrogen-bond donors (Lipinski definition) is 0. The second kappa shape index (κ2) is 4.64. The van der Waals surface area contributed by atoms with E-state index in [1.54, 1.807) is 4.90 Å². The van der Waals surface area contributed by atoms with Crippen molar-refractivity contribution < 1.29 is 14.0 Å². The number of nitrogens with zero attached hydrogens (tertiary/aromatic N) is 2. The van der Waals surface area contributed by atoms with E-state index in [0.717, 1.165) is 6.42 Å². The molecule has 0 N–H and O–H groups in total. The van der Waals surface area contributed by atoms with Crippen molar-refractivity contribution in [3.8, 4) is 0 Å². The predicted octanol–water partition coefficient (Wildman–Crippen LogP) is 1.27. The second-order valence-electron chi connectivity index (χ2n) is 5.04. The molecule has 3 rings (SSSR count). The zero-order valence-electron chi connectivity index (χ0n) is 10.5. The summed E-state index contributed by atoms with van der Waals surface area (Å²) >= 11 is 0. The van der Waals surface area contributed by atoms with Crippen LogP contribution in [0.15, 0.2) is 24.3 Å². The maximum Gasteiger partial charge on any atom is 0.253 e. The molecule has 0 spiro atoms. The average molecular weight is 262 g/mol. The van der Waals surface area contributed by atoms with Gasteiger partial charge in [0.05, 0.1) is 0 Å². The highest BCUT2D eigenvalue weighted by atomic mass is 19.1. The fourth-order valence-electron chi connectivity index (χ4n) is 2.82. The molecule has 100 valence electrons. The molecular formula is C14H15FN2O2. The third-order valence-corrected chi connectivity index (χ3v) is 3.87. The topological polar surface area (TPSA) is 40.6 Å². The summed E-state index contributed by atoms with van der Waals surface area (Å²) in [6, 6.07) is 5.75. The first-order valence-corrected chi connectivity index (χ1v) is 6.49. The second-order valence-corrected chi connectivity index (χ2v) is 5.04. The minimum Gasteiger partial charge on any atom is -0.336 e. The minimum absolute atomic E-state index is 0.0843. The number of hydrogen-bond acceptors (Lipinski definition) is 2. The van der Waals surface area contributed by atoms with E-state index in [0.29, 0.717) is 31.6 Å². The number of piperazine rings is 1. The van der Waals surface area contributed by atoms with Crippen molar-refractivity contribution in [1.29, 1.82) is 0 Å². The fourth-order valence-corrected chi connectivity index (χ4v) is 2.82. The molecule has 4 nitrogen and oxygen atoms in total. The van der Waals surface area contributed by atoms with Gasteiger partial charge in [-0.05, 0) is 30.7 Å². The lowest BCUT2D eigenvalue weighted by Crippen LogP contribution is -2.53. The predicted molar refractivity (Wildman–Crippen MR) is 67.0 cm³/mol. The number of amides is 2. The molecule has 2 saturated heterocycles. The minimum atomic E-state index is -0.345. The lowest BCUT2D eigenvalue weighted by atomic mass is 10.1. The molecule has 0 unspecified atom stereocenters. The normalized spacial score (nSPS) is 22.6. The van der Waals surface area contributed by atoms with E-state index >= 15 is 0 Å². The molecule has 1 aromatic rings. The van der Waals surface area contributed by atoms with Crippen LogP contribution in [0.3, 0.4) is 0 Å². The average Bonchev–Trinajstić information content (AvgIpc) is 2.80. The van der Waals surface area contributed by atoms with Gasteiger partial charge >= 0.3 is 0 Å². The van der Waals surface area contributed by atoms with Gasteiger partial charge in [0.15, 0.2) is 0 Å². The summed E-state index contributed by atoms with van der Waals surface area (Å²) in [6.45, 7) is 1.75. The van der Waals surface area contributed by atoms with Crippen LogP contribution in [-0.4, -0.2) is 47.3 Å². The number of halogens is 1. The van der Waals surface area contributed by atoms with E-state index in [1.165, 1.54) is 24.3 Å². The van der Waals surface area contributed by atoms with Crippen molar-refractivity contribution in [3.63, 3.8) is 0 Å². The Labute approximate surface area is 110 Å². The summed E-state index contributed by atoms with van der Waals surface area (Å²) in [5, 5.41) is 0. The van der Waals surface area contributed by atoms with Gasteiger partial charge in [-0.3, -0.25) is 9.59 Å². The van der Waals surface area contributed by atoms with Crippen LogP contribution in [0.4, 0.5) is 4.39 Å². The third kappa shape index (κ3) is 2.20. The van der Waals surface area contributed by atoms with Crippen molar-refractivity contribution in [3.05, 3.63) is 35.6 Å². The summed E-state index contributed by atoms with van der Waals surface area (Å²) in [5.74, 6) is -0.236. The molecule has 0 saturated carbocycles. The molecule has 0 radical (unpaired) electrons. The Balaban J connectivity index is 1.72. The standard InChI is InChI=1S/C14H15FN2O2/c15-11-3-1-10(2-4-11)14(19)16-7-8-17-12(9-16)5-6-13(17)18/h1-4,12H,5-9H2/t12-/m0/s1. The molecule has 5 heteroatoms. The van der Waals surface area contributed by atoms with E-state index in [9.17, 15) is 14.0 Å². The van der Waals surface area contributed by atoms with Gasteiger partial charge in [0.25, 0.3) is 5.91 Å². The van der Waals surface area contributed by atoms with E-state index in [-0.39, 0.29) is 23.7 Å². The maximum atomic E-state index is 12.8. The monoisotopic (exact) mass is 262 g/mol. The molecular weight excluding hydrogens is 247 g/mol. The van der Waals surface area contributed by atoms with Crippen LogP contribution in [0, 0.1) is 5.82 Å². The first-order valence-electron chi connectivity index (χ1n) is 6.49. The first-order chi connectivity index (χ1) is 9.15. The lowest BCUT2D eigenvalue weighted by Gasteiger charge is -2.37.